The van der Waals surface area contributed by atoms with E-state index in [4.69, 9.17) is 9.72 Å². The molecular weight excluding hydrogens is 376 g/mol. The molecule has 0 saturated heterocycles. The molecule has 0 bridgehead atoms. The van der Waals surface area contributed by atoms with Gasteiger partial charge in [-0.05, 0) is 36.1 Å². The molecule has 1 atom stereocenters. The van der Waals surface area contributed by atoms with Gasteiger partial charge in [-0.2, -0.15) is 0 Å². The van der Waals surface area contributed by atoms with Gasteiger partial charge in [-0.1, -0.05) is 50.6 Å². The van der Waals surface area contributed by atoms with Crippen LogP contribution in [0.2, 0.25) is 0 Å². The van der Waals surface area contributed by atoms with Crippen molar-refractivity contribution in [1.82, 2.24) is 9.55 Å². The van der Waals surface area contributed by atoms with Crippen LogP contribution >= 0.6 is 0 Å². The SMILES string of the molecule is CCC/C=C/c1c2c(nc3ccccc13)-c1cc3c(c(=O)n1C2)COC(=O)[C@@H]3CC. The summed E-state index contributed by atoms with van der Waals surface area (Å²) in [4.78, 5) is 30.5. The highest BCUT2D eigenvalue weighted by molar-refractivity contribution is 5.93. The Labute approximate surface area is 175 Å². The number of carbonyl (C=O) groups is 1. The number of nitrogens with zero attached hydrogens (tertiary/aromatic N) is 2. The molecule has 1 aromatic carbocycles. The summed E-state index contributed by atoms with van der Waals surface area (Å²) in [6.07, 6.45) is 7.06. The number of rotatable bonds is 4. The number of para-hydroxylation sites is 1. The van der Waals surface area contributed by atoms with Gasteiger partial charge < -0.3 is 9.30 Å². The number of cyclic esters (lactones) is 1. The first-order chi connectivity index (χ1) is 14.6. The average Bonchev–Trinajstić information content (AvgIpc) is 3.12. The van der Waals surface area contributed by atoms with Crippen LogP contribution in [0.1, 0.15) is 61.3 Å². The standard InChI is InChI=1S/C25H24N2O3/c1-3-5-6-9-16-17-10-7-8-11-21(17)26-23-19(16)13-27-22(23)12-18-15(4-2)25(29)30-14-20(18)24(27)28/h6-12,15H,3-5,13-14H2,1-2H3/b9-6+/t15-/m1/s1. The minimum Gasteiger partial charge on any atom is -0.460 e. The van der Waals surface area contributed by atoms with E-state index in [2.05, 4.69) is 25.1 Å². The number of aromatic nitrogens is 2. The number of hydrogen-bond donors (Lipinski definition) is 0. The highest BCUT2D eigenvalue weighted by Gasteiger charge is 2.34. The van der Waals surface area contributed by atoms with Crippen LogP contribution in [0.5, 0.6) is 0 Å². The van der Waals surface area contributed by atoms with E-state index in [1.807, 2.05) is 31.2 Å². The maximum atomic E-state index is 13.3. The summed E-state index contributed by atoms with van der Waals surface area (Å²) in [5, 5.41) is 1.10. The maximum Gasteiger partial charge on any atom is 0.313 e. The molecular formula is C25H24N2O3. The number of carbonyl (C=O) groups excluding carboxylic acids is 1. The average molecular weight is 400 g/mol. The second-order valence-corrected chi connectivity index (χ2v) is 7.98. The molecule has 0 N–H and O–H groups in total. The molecule has 0 amide bonds. The topological polar surface area (TPSA) is 61.2 Å². The molecule has 30 heavy (non-hydrogen) atoms. The first-order valence-corrected chi connectivity index (χ1v) is 10.7. The number of esters is 1. The molecule has 5 heteroatoms. The van der Waals surface area contributed by atoms with Crippen molar-refractivity contribution < 1.29 is 9.53 Å². The van der Waals surface area contributed by atoms with Crippen LogP contribution in [0.3, 0.4) is 0 Å². The Morgan fingerprint density at radius 2 is 2.03 bits per heavy atom. The van der Waals surface area contributed by atoms with E-state index >= 15 is 0 Å². The maximum absolute atomic E-state index is 13.3. The summed E-state index contributed by atoms with van der Waals surface area (Å²) in [5.74, 6) is -0.636. The zero-order valence-electron chi connectivity index (χ0n) is 17.3. The first kappa shape index (κ1) is 18.8. The lowest BCUT2D eigenvalue weighted by Gasteiger charge is -2.24. The number of pyridine rings is 2. The lowest BCUT2D eigenvalue weighted by Crippen LogP contribution is -2.32. The van der Waals surface area contributed by atoms with E-state index in [1.165, 1.54) is 0 Å². The van der Waals surface area contributed by atoms with Gasteiger partial charge >= 0.3 is 5.97 Å². The summed E-state index contributed by atoms with van der Waals surface area (Å²) in [6, 6.07) is 10.1. The third-order valence-corrected chi connectivity index (χ3v) is 6.20. The molecule has 5 rings (SSSR count). The molecule has 0 fully saturated rings. The molecule has 152 valence electrons. The van der Waals surface area contributed by atoms with E-state index in [0.717, 1.165) is 51.8 Å². The normalized spacial score (nSPS) is 17.1. The van der Waals surface area contributed by atoms with Crippen LogP contribution < -0.4 is 5.56 Å². The van der Waals surface area contributed by atoms with Crippen molar-refractivity contribution in [2.24, 2.45) is 0 Å². The Kier molecular flexibility index (Phi) is 4.54. The quantitative estimate of drug-likeness (QED) is 0.462. The Morgan fingerprint density at radius 1 is 1.20 bits per heavy atom. The van der Waals surface area contributed by atoms with E-state index in [-0.39, 0.29) is 24.1 Å². The number of hydrogen-bond acceptors (Lipinski definition) is 4. The van der Waals surface area contributed by atoms with Crippen molar-refractivity contribution in [3.05, 3.63) is 69.0 Å². The van der Waals surface area contributed by atoms with Gasteiger partial charge in [0.15, 0.2) is 0 Å². The first-order valence-electron chi connectivity index (χ1n) is 10.7. The van der Waals surface area contributed by atoms with Crippen LogP contribution in [-0.2, 0) is 22.7 Å². The Bertz CT molecular complexity index is 1270. The minimum atomic E-state index is -0.388. The van der Waals surface area contributed by atoms with Crippen molar-refractivity contribution in [3.8, 4) is 11.4 Å². The molecule has 0 unspecified atom stereocenters. The molecule has 2 aromatic heterocycles. The molecule has 0 spiro atoms. The molecule has 0 radical (unpaired) electrons. The smallest absolute Gasteiger partial charge is 0.313 e. The molecule has 5 nitrogen and oxygen atoms in total. The molecule has 3 aromatic rings. The van der Waals surface area contributed by atoms with Crippen LogP contribution in [0.4, 0.5) is 0 Å². The predicted molar refractivity (Wildman–Crippen MR) is 117 cm³/mol. The molecule has 0 aliphatic carbocycles. The summed E-state index contributed by atoms with van der Waals surface area (Å²) in [5.41, 5.74) is 6.10. The Balaban J connectivity index is 1.77. The van der Waals surface area contributed by atoms with Gasteiger partial charge in [-0.15, -0.1) is 0 Å². The second-order valence-electron chi connectivity index (χ2n) is 7.98. The summed E-state index contributed by atoms with van der Waals surface area (Å²) >= 11 is 0. The monoisotopic (exact) mass is 400 g/mol. The fraction of sp³-hybridized carbons (Fsp3) is 0.320. The van der Waals surface area contributed by atoms with E-state index in [9.17, 15) is 9.59 Å². The number of benzene rings is 1. The van der Waals surface area contributed by atoms with Gasteiger partial charge in [-0.3, -0.25) is 9.59 Å². The van der Waals surface area contributed by atoms with Crippen LogP contribution in [0.15, 0.2) is 41.2 Å². The third-order valence-electron chi connectivity index (χ3n) is 6.20. The number of fused-ring (bicyclic) bond motifs is 5. The van der Waals surface area contributed by atoms with Crippen molar-refractivity contribution in [1.29, 1.82) is 0 Å². The lowest BCUT2D eigenvalue weighted by molar-refractivity contribution is -0.148. The third kappa shape index (κ3) is 2.72. The van der Waals surface area contributed by atoms with Crippen LogP contribution in [0, 0.1) is 0 Å². The van der Waals surface area contributed by atoms with Crippen molar-refractivity contribution in [2.45, 2.75) is 52.2 Å². The molecule has 0 saturated carbocycles. The number of ether oxygens (including phenoxy) is 1. The summed E-state index contributed by atoms with van der Waals surface area (Å²) in [6.45, 7) is 4.65. The Hall–Kier alpha value is -3.21. The number of allylic oxidation sites excluding steroid dienone is 1. The lowest BCUT2D eigenvalue weighted by atomic mass is 9.90. The van der Waals surface area contributed by atoms with Crippen LogP contribution in [0.25, 0.3) is 28.4 Å². The molecule has 2 aliphatic rings. The second kappa shape index (κ2) is 7.24. The summed E-state index contributed by atoms with van der Waals surface area (Å²) < 4.78 is 7.09. The van der Waals surface area contributed by atoms with Crippen molar-refractivity contribution in [2.75, 3.05) is 0 Å². The zero-order valence-corrected chi connectivity index (χ0v) is 17.3. The van der Waals surface area contributed by atoms with E-state index in [1.54, 1.807) is 4.57 Å². The Morgan fingerprint density at radius 3 is 2.83 bits per heavy atom. The summed E-state index contributed by atoms with van der Waals surface area (Å²) in [7, 11) is 0. The zero-order chi connectivity index (χ0) is 20.8. The van der Waals surface area contributed by atoms with E-state index < -0.39 is 0 Å². The number of unbranched alkanes of at least 4 members (excludes halogenated alkanes) is 1. The van der Waals surface area contributed by atoms with Gasteiger partial charge in [0, 0.05) is 10.9 Å². The van der Waals surface area contributed by atoms with Gasteiger partial charge in [0.05, 0.1) is 34.9 Å². The van der Waals surface area contributed by atoms with Crippen molar-refractivity contribution in [3.63, 3.8) is 0 Å². The van der Waals surface area contributed by atoms with E-state index in [0.29, 0.717) is 18.5 Å². The predicted octanol–water partition coefficient (Wildman–Crippen LogP) is 4.79. The van der Waals surface area contributed by atoms with Crippen LogP contribution in [-0.4, -0.2) is 15.5 Å². The highest BCUT2D eigenvalue weighted by atomic mass is 16.5. The van der Waals surface area contributed by atoms with Gasteiger partial charge in [-0.25, -0.2) is 4.98 Å². The van der Waals surface area contributed by atoms with Gasteiger partial charge in [0.2, 0.25) is 0 Å². The fourth-order valence-corrected chi connectivity index (χ4v) is 4.64. The van der Waals surface area contributed by atoms with Gasteiger partial charge in [0.25, 0.3) is 5.56 Å². The van der Waals surface area contributed by atoms with Gasteiger partial charge in [0.1, 0.15) is 6.61 Å². The van der Waals surface area contributed by atoms with Crippen molar-refractivity contribution >= 4 is 22.9 Å². The fourth-order valence-electron chi connectivity index (χ4n) is 4.64. The highest BCUT2D eigenvalue weighted by Crippen LogP contribution is 2.39. The minimum absolute atomic E-state index is 0.0544. The molecule has 4 heterocycles. The molecule has 2 aliphatic heterocycles. The largest absolute Gasteiger partial charge is 0.460 e.